The van der Waals surface area contributed by atoms with Crippen molar-refractivity contribution < 1.29 is 44.8 Å². The second kappa shape index (κ2) is 8.15. The van der Waals surface area contributed by atoms with E-state index in [0.717, 1.165) is 0 Å². The molecule has 2 heterocycles. The van der Waals surface area contributed by atoms with Crippen molar-refractivity contribution in [1.29, 1.82) is 0 Å². The van der Waals surface area contributed by atoms with Crippen molar-refractivity contribution >= 4 is 25.3 Å². The van der Waals surface area contributed by atoms with Crippen LogP contribution in [0.1, 0.15) is 0 Å². The molecule has 2 aliphatic heterocycles. The fraction of sp³-hybridized carbons (Fsp3) is 1.00. The third-order valence-corrected chi connectivity index (χ3v) is 4.68. The van der Waals surface area contributed by atoms with Crippen LogP contribution in [0, 0.1) is 0 Å². The van der Waals surface area contributed by atoms with Crippen LogP contribution in [-0.4, -0.2) is 104 Å². The molecular formula is C12H22O9S2. The topological polar surface area (TPSA) is 149 Å². The predicted molar refractivity (Wildman–Crippen MR) is 82.2 cm³/mol. The van der Waals surface area contributed by atoms with E-state index >= 15 is 0 Å². The molecule has 10 atom stereocenters. The first kappa shape index (κ1) is 19.7. The molecule has 0 bridgehead atoms. The lowest BCUT2D eigenvalue weighted by atomic mass is 9.98. The molecule has 11 heteroatoms. The van der Waals surface area contributed by atoms with E-state index in [9.17, 15) is 30.6 Å². The minimum Gasteiger partial charge on any atom is -0.388 e. The highest BCUT2D eigenvalue weighted by Gasteiger charge is 2.49. The Bertz CT molecular complexity index is 352. The summed E-state index contributed by atoms with van der Waals surface area (Å²) in [7, 11) is 0. The van der Waals surface area contributed by atoms with Gasteiger partial charge in [-0.05, 0) is 0 Å². The molecule has 6 N–H and O–H groups in total. The van der Waals surface area contributed by atoms with Gasteiger partial charge in [0.1, 0.15) is 36.6 Å². The number of ether oxygens (including phenoxy) is 3. The van der Waals surface area contributed by atoms with E-state index in [1.165, 1.54) is 0 Å². The molecule has 0 aromatic rings. The SMILES string of the molecule is OC1C(O)[C@H](O)C(CS)O[C@@H]1O[C@@H]1OC(CS)[C@@H](O)C(O)C1O. The van der Waals surface area contributed by atoms with Crippen molar-refractivity contribution in [1.82, 2.24) is 0 Å². The van der Waals surface area contributed by atoms with Crippen molar-refractivity contribution in [3.8, 4) is 0 Å². The van der Waals surface area contributed by atoms with Gasteiger partial charge < -0.3 is 44.8 Å². The van der Waals surface area contributed by atoms with Gasteiger partial charge in [-0.2, -0.15) is 25.3 Å². The summed E-state index contributed by atoms with van der Waals surface area (Å²) in [5.41, 5.74) is 0. The lowest BCUT2D eigenvalue weighted by Gasteiger charge is -2.44. The van der Waals surface area contributed by atoms with Gasteiger partial charge in [0.2, 0.25) is 0 Å². The molecule has 23 heavy (non-hydrogen) atoms. The Balaban J connectivity index is 2.07. The maximum atomic E-state index is 9.93. The van der Waals surface area contributed by atoms with Crippen LogP contribution in [0.4, 0.5) is 0 Å². The summed E-state index contributed by atoms with van der Waals surface area (Å²) < 4.78 is 15.9. The maximum Gasteiger partial charge on any atom is 0.189 e. The van der Waals surface area contributed by atoms with Crippen LogP contribution < -0.4 is 0 Å². The molecule has 136 valence electrons. The molecule has 0 saturated carbocycles. The van der Waals surface area contributed by atoms with Crippen molar-refractivity contribution in [3.05, 3.63) is 0 Å². The first-order valence-electron chi connectivity index (χ1n) is 7.08. The second-order valence-electron chi connectivity index (χ2n) is 5.53. The summed E-state index contributed by atoms with van der Waals surface area (Å²) in [5.74, 6) is 0.110. The van der Waals surface area contributed by atoms with E-state index in [0.29, 0.717) is 0 Å². The second-order valence-corrected chi connectivity index (χ2v) is 6.26. The molecule has 2 aliphatic rings. The van der Waals surface area contributed by atoms with Gasteiger partial charge in [-0.1, -0.05) is 0 Å². The highest BCUT2D eigenvalue weighted by atomic mass is 32.1. The number of hydrogen-bond donors (Lipinski definition) is 8. The molecule has 2 rings (SSSR count). The largest absolute Gasteiger partial charge is 0.388 e. The van der Waals surface area contributed by atoms with Gasteiger partial charge in [-0.25, -0.2) is 0 Å². The summed E-state index contributed by atoms with van der Waals surface area (Å²) in [6.45, 7) is 0. The van der Waals surface area contributed by atoms with Crippen molar-refractivity contribution in [2.24, 2.45) is 0 Å². The fourth-order valence-corrected chi connectivity index (χ4v) is 3.10. The van der Waals surface area contributed by atoms with E-state index in [2.05, 4.69) is 25.3 Å². The zero-order valence-corrected chi connectivity index (χ0v) is 13.8. The average molecular weight is 374 g/mol. The fourth-order valence-electron chi connectivity index (χ4n) is 2.49. The number of rotatable bonds is 4. The van der Waals surface area contributed by atoms with Crippen molar-refractivity contribution in [2.75, 3.05) is 11.5 Å². The van der Waals surface area contributed by atoms with Gasteiger partial charge >= 0.3 is 0 Å². The van der Waals surface area contributed by atoms with E-state index in [4.69, 9.17) is 14.2 Å². The third kappa shape index (κ3) is 3.96. The minimum absolute atomic E-state index is 0.0550. The molecule has 2 saturated heterocycles. The van der Waals surface area contributed by atoms with Gasteiger partial charge in [-0.3, -0.25) is 0 Å². The molecular weight excluding hydrogens is 352 g/mol. The van der Waals surface area contributed by atoms with Crippen LogP contribution in [0.3, 0.4) is 0 Å². The number of aliphatic hydroxyl groups is 6. The van der Waals surface area contributed by atoms with Crippen molar-refractivity contribution in [2.45, 2.75) is 61.4 Å². The van der Waals surface area contributed by atoms with E-state index < -0.39 is 61.4 Å². The standard InChI is InChI=1S/C12H22O9S2/c13-5-3(1-22)19-11(9(17)7(5)15)21-12-10(18)8(16)6(14)4(2-23)20-12/h3-18,22-23H,1-2H2/t3?,4?,5-,6-,7?,8?,9?,10?,11-,12+/m1/s1. The van der Waals surface area contributed by atoms with Crippen molar-refractivity contribution in [3.63, 3.8) is 0 Å². The Morgan fingerprint density at radius 3 is 1.26 bits per heavy atom. The Morgan fingerprint density at radius 1 is 0.609 bits per heavy atom. The highest BCUT2D eigenvalue weighted by Crippen LogP contribution is 2.28. The maximum absolute atomic E-state index is 9.93. The average Bonchev–Trinajstić information content (AvgIpc) is 2.55. The first-order valence-corrected chi connectivity index (χ1v) is 8.34. The van der Waals surface area contributed by atoms with E-state index in [1.807, 2.05) is 0 Å². The third-order valence-electron chi connectivity index (χ3n) is 3.97. The first-order chi connectivity index (χ1) is 10.8. The van der Waals surface area contributed by atoms with Gasteiger partial charge in [0, 0.05) is 11.5 Å². The Hall–Kier alpha value is 0.340. The Morgan fingerprint density at radius 2 is 0.957 bits per heavy atom. The normalized spacial score (nSPS) is 51.7. The zero-order valence-electron chi connectivity index (χ0n) is 12.0. The van der Waals surface area contributed by atoms with Crippen LogP contribution in [0.25, 0.3) is 0 Å². The number of hydrogen-bond acceptors (Lipinski definition) is 11. The summed E-state index contributed by atoms with van der Waals surface area (Å²) >= 11 is 7.95. The lowest BCUT2D eigenvalue weighted by molar-refractivity contribution is -0.369. The molecule has 0 aliphatic carbocycles. The predicted octanol–water partition coefficient (Wildman–Crippen LogP) is -3.52. The monoisotopic (exact) mass is 374 g/mol. The van der Waals surface area contributed by atoms with Gasteiger partial charge in [0.05, 0.1) is 12.2 Å². The Labute approximate surface area is 143 Å². The summed E-state index contributed by atoms with van der Waals surface area (Å²) in [5, 5.41) is 58.9. The molecule has 9 nitrogen and oxygen atoms in total. The molecule has 0 aromatic heterocycles. The number of aliphatic hydroxyl groups excluding tert-OH is 6. The minimum atomic E-state index is -1.60. The number of thiol groups is 2. The molecule has 2 fully saturated rings. The van der Waals surface area contributed by atoms with E-state index in [-0.39, 0.29) is 11.5 Å². The Kier molecular flexibility index (Phi) is 6.96. The molecule has 0 spiro atoms. The van der Waals surface area contributed by atoms with Gasteiger partial charge in [-0.15, -0.1) is 0 Å². The quantitative estimate of drug-likeness (QED) is 0.234. The highest BCUT2D eigenvalue weighted by molar-refractivity contribution is 7.80. The van der Waals surface area contributed by atoms with Crippen LogP contribution in [0.15, 0.2) is 0 Å². The summed E-state index contributed by atoms with van der Waals surface area (Å²) in [4.78, 5) is 0. The van der Waals surface area contributed by atoms with Crippen LogP contribution >= 0.6 is 25.3 Å². The van der Waals surface area contributed by atoms with Crippen LogP contribution in [-0.2, 0) is 14.2 Å². The summed E-state index contributed by atoms with van der Waals surface area (Å²) in [6.07, 6.45) is -13.6. The zero-order chi connectivity index (χ0) is 17.3. The molecule has 0 amide bonds. The lowest BCUT2D eigenvalue weighted by Crippen LogP contribution is -2.63. The van der Waals surface area contributed by atoms with E-state index in [1.54, 1.807) is 0 Å². The molecule has 0 aromatic carbocycles. The van der Waals surface area contributed by atoms with Gasteiger partial charge in [0.25, 0.3) is 0 Å². The summed E-state index contributed by atoms with van der Waals surface area (Å²) in [6, 6.07) is 0. The smallest absolute Gasteiger partial charge is 0.189 e. The van der Waals surface area contributed by atoms with Crippen LogP contribution in [0.2, 0.25) is 0 Å². The molecule has 0 radical (unpaired) electrons. The van der Waals surface area contributed by atoms with Gasteiger partial charge in [0.15, 0.2) is 12.6 Å². The molecule has 6 unspecified atom stereocenters. The van der Waals surface area contributed by atoms with Crippen LogP contribution in [0.5, 0.6) is 0 Å².